The number of hydrogen-bond acceptors (Lipinski definition) is 3. The Morgan fingerprint density at radius 2 is 1.71 bits per heavy atom. The van der Waals surface area contributed by atoms with Gasteiger partial charge in [-0.1, -0.05) is 12.1 Å². The summed E-state index contributed by atoms with van der Waals surface area (Å²) in [6.07, 6.45) is -0.804. The lowest BCUT2D eigenvalue weighted by molar-refractivity contribution is -0.145. The first-order chi connectivity index (χ1) is 9.95. The van der Waals surface area contributed by atoms with E-state index in [1.807, 2.05) is 0 Å². The predicted octanol–water partition coefficient (Wildman–Crippen LogP) is 3.01. The number of aliphatic carboxylic acids is 1. The zero-order valence-electron chi connectivity index (χ0n) is 10.7. The van der Waals surface area contributed by atoms with Gasteiger partial charge in [0, 0.05) is 11.6 Å². The summed E-state index contributed by atoms with van der Waals surface area (Å²) in [5.74, 6) is -3.51. The van der Waals surface area contributed by atoms with E-state index < -0.39 is 30.0 Å². The highest BCUT2D eigenvalue weighted by Gasteiger charge is 2.12. The fraction of sp³-hybridized carbons (Fsp3) is 0.0667. The molecular formula is C15H10F2O4. The van der Waals surface area contributed by atoms with Gasteiger partial charge >= 0.3 is 11.9 Å². The Labute approximate surface area is 118 Å². The van der Waals surface area contributed by atoms with Crippen molar-refractivity contribution in [3.8, 4) is 16.9 Å². The zero-order valence-corrected chi connectivity index (χ0v) is 10.7. The van der Waals surface area contributed by atoms with Gasteiger partial charge in [-0.25, -0.2) is 8.78 Å². The molecule has 108 valence electrons. The SMILES string of the molecule is O=C(O)CC(=O)Oc1ccc(-c2ccc(F)cc2)c(F)c1. The summed E-state index contributed by atoms with van der Waals surface area (Å²) >= 11 is 0. The Morgan fingerprint density at radius 3 is 2.29 bits per heavy atom. The van der Waals surface area contributed by atoms with Crippen LogP contribution in [0, 0.1) is 11.6 Å². The lowest BCUT2D eigenvalue weighted by atomic mass is 10.1. The molecule has 0 aliphatic heterocycles. The molecule has 2 rings (SSSR count). The number of rotatable bonds is 4. The number of benzene rings is 2. The second kappa shape index (κ2) is 6.13. The predicted molar refractivity (Wildman–Crippen MR) is 69.7 cm³/mol. The Bertz CT molecular complexity index is 681. The van der Waals surface area contributed by atoms with Gasteiger partial charge in [0.1, 0.15) is 23.8 Å². The highest BCUT2D eigenvalue weighted by atomic mass is 19.1. The summed E-state index contributed by atoms with van der Waals surface area (Å²) in [7, 11) is 0. The highest BCUT2D eigenvalue weighted by Crippen LogP contribution is 2.26. The van der Waals surface area contributed by atoms with Crippen LogP contribution in [0.1, 0.15) is 6.42 Å². The minimum absolute atomic E-state index is 0.0930. The van der Waals surface area contributed by atoms with Crippen LogP contribution >= 0.6 is 0 Å². The van der Waals surface area contributed by atoms with E-state index in [1.165, 1.54) is 36.4 Å². The first-order valence-corrected chi connectivity index (χ1v) is 5.93. The average Bonchev–Trinajstić information content (AvgIpc) is 2.39. The smallest absolute Gasteiger partial charge is 0.322 e. The van der Waals surface area contributed by atoms with E-state index in [2.05, 4.69) is 0 Å². The molecule has 1 N–H and O–H groups in total. The van der Waals surface area contributed by atoms with E-state index in [9.17, 15) is 18.4 Å². The average molecular weight is 292 g/mol. The number of esters is 1. The molecule has 0 aliphatic rings. The van der Waals surface area contributed by atoms with Crippen LogP contribution in [0.3, 0.4) is 0 Å². The van der Waals surface area contributed by atoms with E-state index >= 15 is 0 Å². The summed E-state index contributed by atoms with van der Waals surface area (Å²) in [5, 5.41) is 8.43. The lowest BCUT2D eigenvalue weighted by Crippen LogP contribution is -2.13. The maximum absolute atomic E-state index is 13.9. The fourth-order valence-electron chi connectivity index (χ4n) is 1.71. The van der Waals surface area contributed by atoms with Gasteiger partial charge in [0.25, 0.3) is 0 Å². The summed E-state index contributed by atoms with van der Waals surface area (Å²) in [5.41, 5.74) is 0.686. The van der Waals surface area contributed by atoms with Crippen molar-refractivity contribution in [3.63, 3.8) is 0 Å². The van der Waals surface area contributed by atoms with Gasteiger partial charge in [-0.05, 0) is 29.8 Å². The molecule has 0 amide bonds. The number of carbonyl (C=O) groups is 2. The van der Waals surface area contributed by atoms with Crippen LogP contribution in [0.25, 0.3) is 11.1 Å². The molecule has 2 aromatic rings. The highest BCUT2D eigenvalue weighted by molar-refractivity contribution is 5.91. The van der Waals surface area contributed by atoms with Gasteiger partial charge in [-0.2, -0.15) is 0 Å². The van der Waals surface area contributed by atoms with Crippen LogP contribution in [-0.4, -0.2) is 17.0 Å². The molecule has 0 fully saturated rings. The Balaban J connectivity index is 2.19. The topological polar surface area (TPSA) is 63.6 Å². The van der Waals surface area contributed by atoms with Gasteiger partial charge < -0.3 is 9.84 Å². The maximum Gasteiger partial charge on any atom is 0.322 e. The van der Waals surface area contributed by atoms with E-state index in [-0.39, 0.29) is 11.3 Å². The van der Waals surface area contributed by atoms with Crippen LogP contribution in [0.2, 0.25) is 0 Å². The Morgan fingerprint density at radius 1 is 1.05 bits per heavy atom. The van der Waals surface area contributed by atoms with Crippen molar-refractivity contribution < 1.29 is 28.2 Å². The van der Waals surface area contributed by atoms with Crippen LogP contribution < -0.4 is 4.74 Å². The van der Waals surface area contributed by atoms with Gasteiger partial charge in [0.05, 0.1) is 0 Å². The molecule has 0 aromatic heterocycles. The lowest BCUT2D eigenvalue weighted by Gasteiger charge is -2.07. The molecule has 0 spiro atoms. The molecule has 6 heteroatoms. The van der Waals surface area contributed by atoms with Crippen molar-refractivity contribution in [2.45, 2.75) is 6.42 Å². The first-order valence-electron chi connectivity index (χ1n) is 5.93. The molecule has 0 aliphatic carbocycles. The molecular weight excluding hydrogens is 282 g/mol. The van der Waals surface area contributed by atoms with E-state index in [0.29, 0.717) is 5.56 Å². The summed E-state index contributed by atoms with van der Waals surface area (Å²) in [6, 6.07) is 8.92. The van der Waals surface area contributed by atoms with E-state index in [1.54, 1.807) is 0 Å². The van der Waals surface area contributed by atoms with Crippen molar-refractivity contribution in [1.29, 1.82) is 0 Å². The van der Waals surface area contributed by atoms with Gasteiger partial charge in [-0.3, -0.25) is 9.59 Å². The number of hydrogen-bond donors (Lipinski definition) is 1. The molecule has 0 atom stereocenters. The number of carboxylic acid groups (broad SMARTS) is 1. The third-order valence-corrected chi connectivity index (χ3v) is 2.62. The van der Waals surface area contributed by atoms with Crippen LogP contribution in [0.4, 0.5) is 8.78 Å². The van der Waals surface area contributed by atoms with E-state index in [4.69, 9.17) is 9.84 Å². The standard InChI is InChI=1S/C15H10F2O4/c16-10-3-1-9(2-4-10)12-6-5-11(7-13(12)17)21-15(20)8-14(18)19/h1-7H,8H2,(H,18,19). The molecule has 0 saturated carbocycles. The third-order valence-electron chi connectivity index (χ3n) is 2.62. The molecule has 0 bridgehead atoms. The third kappa shape index (κ3) is 3.85. The van der Waals surface area contributed by atoms with Crippen molar-refractivity contribution >= 4 is 11.9 Å². The minimum Gasteiger partial charge on any atom is -0.481 e. The second-order valence-electron chi connectivity index (χ2n) is 4.19. The quantitative estimate of drug-likeness (QED) is 0.534. The van der Waals surface area contributed by atoms with Gasteiger partial charge in [0.15, 0.2) is 0 Å². The Hall–Kier alpha value is -2.76. The summed E-state index contributed by atoms with van der Waals surface area (Å²) < 4.78 is 31.5. The number of carboxylic acids is 1. The molecule has 2 aromatic carbocycles. The monoisotopic (exact) mass is 292 g/mol. The van der Waals surface area contributed by atoms with E-state index in [0.717, 1.165) is 6.07 Å². The molecule has 0 unspecified atom stereocenters. The molecule has 21 heavy (non-hydrogen) atoms. The molecule has 0 heterocycles. The zero-order chi connectivity index (χ0) is 15.4. The normalized spacial score (nSPS) is 10.2. The van der Waals surface area contributed by atoms with Gasteiger partial charge in [-0.15, -0.1) is 0 Å². The number of carbonyl (C=O) groups excluding carboxylic acids is 1. The number of halogens is 2. The second-order valence-corrected chi connectivity index (χ2v) is 4.19. The Kier molecular flexibility index (Phi) is 4.27. The van der Waals surface area contributed by atoms with Gasteiger partial charge in [0.2, 0.25) is 0 Å². The van der Waals surface area contributed by atoms with Crippen LogP contribution in [-0.2, 0) is 9.59 Å². The molecule has 4 nitrogen and oxygen atoms in total. The van der Waals surface area contributed by atoms with Crippen molar-refractivity contribution in [2.24, 2.45) is 0 Å². The summed E-state index contributed by atoms with van der Waals surface area (Å²) in [6.45, 7) is 0. The van der Waals surface area contributed by atoms with Crippen molar-refractivity contribution in [3.05, 3.63) is 54.1 Å². The largest absolute Gasteiger partial charge is 0.481 e. The van der Waals surface area contributed by atoms with Crippen LogP contribution in [0.5, 0.6) is 5.75 Å². The first kappa shape index (κ1) is 14.6. The maximum atomic E-state index is 13.9. The number of ether oxygens (including phenoxy) is 1. The van der Waals surface area contributed by atoms with Crippen LogP contribution in [0.15, 0.2) is 42.5 Å². The molecule has 0 radical (unpaired) electrons. The fourth-order valence-corrected chi connectivity index (χ4v) is 1.71. The summed E-state index contributed by atoms with van der Waals surface area (Å²) in [4.78, 5) is 21.5. The molecule has 0 saturated heterocycles. The minimum atomic E-state index is -1.33. The van der Waals surface area contributed by atoms with Crippen molar-refractivity contribution in [1.82, 2.24) is 0 Å². The van der Waals surface area contributed by atoms with Crippen molar-refractivity contribution in [2.75, 3.05) is 0 Å².